The fraction of sp³-hybridized carbons (Fsp3) is 0.257. The number of anilines is 1. The topological polar surface area (TPSA) is 96.0 Å². The number of benzene rings is 4. The number of hydrogen-bond acceptors (Lipinski definition) is 5. The highest BCUT2D eigenvalue weighted by atomic mass is 79.9. The highest BCUT2D eigenvalue weighted by Crippen LogP contribution is 2.24. The molecule has 8 nitrogen and oxygen atoms in total. The molecule has 0 saturated heterocycles. The zero-order valence-corrected chi connectivity index (χ0v) is 28.0. The van der Waals surface area contributed by atoms with Crippen molar-refractivity contribution < 1.29 is 22.7 Å². The van der Waals surface area contributed by atoms with Crippen LogP contribution in [0.15, 0.2) is 114 Å². The van der Waals surface area contributed by atoms with Crippen molar-refractivity contribution in [1.82, 2.24) is 10.2 Å². The Bertz CT molecular complexity index is 1650. The van der Waals surface area contributed by atoms with Crippen molar-refractivity contribution in [3.8, 4) is 5.75 Å². The number of sulfonamides is 1. The molecule has 1 N–H and O–H groups in total. The first-order valence-corrected chi connectivity index (χ1v) is 17.3. The summed E-state index contributed by atoms with van der Waals surface area (Å²) < 4.78 is 33.9. The molecule has 10 heteroatoms. The standard InChI is InChI=1S/C35H38BrN3O5S/c1-26(2)37-35(41)33(22-27-10-6-4-7-11-27)38(23-28-14-16-30(36)17-15-28)34(40)24-39(45(3,42)43)31-18-20-32(21-19-31)44-25-29-12-8-5-9-13-29/h4-21,26,33H,22-25H2,1-3H3,(H,37,41)/t33-/m0/s1. The number of halogens is 1. The monoisotopic (exact) mass is 691 g/mol. The summed E-state index contributed by atoms with van der Waals surface area (Å²) >= 11 is 3.44. The van der Waals surface area contributed by atoms with Crippen molar-refractivity contribution >= 4 is 43.5 Å². The average Bonchev–Trinajstić information content (AvgIpc) is 3.02. The molecule has 0 aliphatic heterocycles. The van der Waals surface area contributed by atoms with E-state index < -0.39 is 28.5 Å². The van der Waals surface area contributed by atoms with Gasteiger partial charge in [-0.3, -0.25) is 13.9 Å². The van der Waals surface area contributed by atoms with Crippen LogP contribution in [-0.2, 0) is 39.2 Å². The van der Waals surface area contributed by atoms with Crippen LogP contribution in [0.4, 0.5) is 5.69 Å². The summed E-state index contributed by atoms with van der Waals surface area (Å²) in [5.74, 6) is -0.259. The van der Waals surface area contributed by atoms with Gasteiger partial charge in [-0.25, -0.2) is 8.42 Å². The smallest absolute Gasteiger partial charge is 0.244 e. The zero-order valence-electron chi connectivity index (χ0n) is 25.6. The normalized spacial score (nSPS) is 11.9. The molecule has 0 aromatic heterocycles. The van der Waals surface area contributed by atoms with Gasteiger partial charge in [0.25, 0.3) is 0 Å². The van der Waals surface area contributed by atoms with Crippen LogP contribution in [0, 0.1) is 0 Å². The van der Waals surface area contributed by atoms with E-state index in [-0.39, 0.29) is 24.9 Å². The van der Waals surface area contributed by atoms with Crippen LogP contribution in [0.5, 0.6) is 5.75 Å². The van der Waals surface area contributed by atoms with E-state index >= 15 is 0 Å². The first-order valence-electron chi connectivity index (χ1n) is 14.6. The predicted molar refractivity (Wildman–Crippen MR) is 181 cm³/mol. The largest absolute Gasteiger partial charge is 0.489 e. The minimum atomic E-state index is -3.88. The fourth-order valence-electron chi connectivity index (χ4n) is 4.78. The summed E-state index contributed by atoms with van der Waals surface area (Å²) in [7, 11) is -3.88. The van der Waals surface area contributed by atoms with Gasteiger partial charge in [0.1, 0.15) is 24.9 Å². The van der Waals surface area contributed by atoms with Gasteiger partial charge in [0.2, 0.25) is 21.8 Å². The second-order valence-corrected chi connectivity index (χ2v) is 13.9. The summed E-state index contributed by atoms with van der Waals surface area (Å²) in [6.45, 7) is 3.70. The molecule has 1 atom stereocenters. The highest BCUT2D eigenvalue weighted by Gasteiger charge is 2.33. The summed E-state index contributed by atoms with van der Waals surface area (Å²) in [6.07, 6.45) is 1.32. The van der Waals surface area contributed by atoms with Crippen LogP contribution in [0.25, 0.3) is 0 Å². The number of hydrogen-bond donors (Lipinski definition) is 1. The maximum absolute atomic E-state index is 14.2. The third kappa shape index (κ3) is 10.2. The van der Waals surface area contributed by atoms with E-state index in [1.165, 1.54) is 4.90 Å². The Morgan fingerprint density at radius 2 is 1.38 bits per heavy atom. The molecule has 0 aliphatic carbocycles. The first kappa shape index (κ1) is 33.7. The molecular formula is C35H38BrN3O5S. The van der Waals surface area contributed by atoms with Gasteiger partial charge >= 0.3 is 0 Å². The number of carbonyl (C=O) groups excluding carboxylic acids is 2. The molecule has 0 aliphatic rings. The molecule has 0 unspecified atom stereocenters. The van der Waals surface area contributed by atoms with Crippen molar-refractivity contribution in [1.29, 1.82) is 0 Å². The van der Waals surface area contributed by atoms with Gasteiger partial charge < -0.3 is 15.0 Å². The number of amides is 2. The Labute approximate surface area is 274 Å². The molecule has 0 radical (unpaired) electrons. The van der Waals surface area contributed by atoms with E-state index in [2.05, 4.69) is 21.2 Å². The van der Waals surface area contributed by atoms with Crippen LogP contribution >= 0.6 is 15.9 Å². The Hall–Kier alpha value is -4.15. The number of rotatable bonds is 14. The Morgan fingerprint density at radius 1 is 0.800 bits per heavy atom. The lowest BCUT2D eigenvalue weighted by Gasteiger charge is -2.34. The van der Waals surface area contributed by atoms with Gasteiger partial charge in [-0.15, -0.1) is 0 Å². The second kappa shape index (κ2) is 15.7. The van der Waals surface area contributed by atoms with Crippen molar-refractivity contribution in [2.75, 3.05) is 17.1 Å². The van der Waals surface area contributed by atoms with Crippen molar-refractivity contribution in [3.05, 3.63) is 130 Å². The number of nitrogens with zero attached hydrogens (tertiary/aromatic N) is 2. The Balaban J connectivity index is 1.63. The lowest BCUT2D eigenvalue weighted by Crippen LogP contribution is -2.54. The SMILES string of the molecule is CC(C)NC(=O)[C@H](Cc1ccccc1)N(Cc1ccc(Br)cc1)C(=O)CN(c1ccc(OCc2ccccc2)cc1)S(C)(=O)=O. The molecule has 0 bridgehead atoms. The molecule has 0 heterocycles. The Kier molecular flexibility index (Phi) is 11.8. The number of carbonyl (C=O) groups is 2. The third-order valence-corrected chi connectivity index (χ3v) is 8.69. The maximum Gasteiger partial charge on any atom is 0.244 e. The molecular weight excluding hydrogens is 654 g/mol. The molecule has 4 aromatic rings. The van der Waals surface area contributed by atoms with E-state index in [0.29, 0.717) is 18.0 Å². The molecule has 4 rings (SSSR count). The Morgan fingerprint density at radius 3 is 1.93 bits per heavy atom. The molecule has 236 valence electrons. The van der Waals surface area contributed by atoms with Crippen LogP contribution in [-0.4, -0.2) is 50.0 Å². The molecule has 2 amide bonds. The third-order valence-electron chi connectivity index (χ3n) is 7.02. The van der Waals surface area contributed by atoms with E-state index in [4.69, 9.17) is 4.74 Å². The highest BCUT2D eigenvalue weighted by molar-refractivity contribution is 9.10. The maximum atomic E-state index is 14.2. The molecule has 0 saturated carbocycles. The van der Waals surface area contributed by atoms with Crippen molar-refractivity contribution in [2.24, 2.45) is 0 Å². The lowest BCUT2D eigenvalue weighted by molar-refractivity contribution is -0.140. The van der Waals surface area contributed by atoms with E-state index in [0.717, 1.165) is 31.7 Å². The summed E-state index contributed by atoms with van der Waals surface area (Å²) in [6, 6.07) is 32.2. The molecule has 4 aromatic carbocycles. The van der Waals surface area contributed by atoms with Gasteiger partial charge in [-0.2, -0.15) is 0 Å². The molecule has 45 heavy (non-hydrogen) atoms. The second-order valence-electron chi connectivity index (χ2n) is 11.1. The van der Waals surface area contributed by atoms with Crippen LogP contribution < -0.4 is 14.4 Å². The van der Waals surface area contributed by atoms with Gasteiger partial charge in [0.15, 0.2) is 0 Å². The molecule has 0 fully saturated rings. The van der Waals surface area contributed by atoms with Gasteiger partial charge in [-0.1, -0.05) is 88.7 Å². The van der Waals surface area contributed by atoms with Crippen LogP contribution in [0.1, 0.15) is 30.5 Å². The van der Waals surface area contributed by atoms with Crippen LogP contribution in [0.3, 0.4) is 0 Å². The predicted octanol–water partition coefficient (Wildman–Crippen LogP) is 5.96. The van der Waals surface area contributed by atoms with Gasteiger partial charge in [0, 0.05) is 23.5 Å². The quantitative estimate of drug-likeness (QED) is 0.176. The van der Waals surface area contributed by atoms with E-state index in [1.807, 2.05) is 98.8 Å². The van der Waals surface area contributed by atoms with Crippen molar-refractivity contribution in [2.45, 2.75) is 45.5 Å². The van der Waals surface area contributed by atoms with Gasteiger partial charge in [0.05, 0.1) is 11.9 Å². The summed E-state index contributed by atoms with van der Waals surface area (Å²) in [5, 5.41) is 2.95. The minimum Gasteiger partial charge on any atom is -0.489 e. The fourth-order valence-corrected chi connectivity index (χ4v) is 5.90. The molecule has 0 spiro atoms. The van der Waals surface area contributed by atoms with E-state index in [1.54, 1.807) is 24.3 Å². The number of ether oxygens (including phenoxy) is 1. The zero-order chi connectivity index (χ0) is 32.4. The van der Waals surface area contributed by atoms with E-state index in [9.17, 15) is 18.0 Å². The average molecular weight is 693 g/mol. The summed E-state index contributed by atoms with van der Waals surface area (Å²) in [4.78, 5) is 29.3. The lowest BCUT2D eigenvalue weighted by atomic mass is 10.0. The van der Waals surface area contributed by atoms with Crippen LogP contribution in [0.2, 0.25) is 0 Å². The van der Waals surface area contributed by atoms with Gasteiger partial charge in [-0.05, 0) is 66.9 Å². The number of nitrogens with one attached hydrogen (secondary N) is 1. The minimum absolute atomic E-state index is 0.110. The summed E-state index contributed by atoms with van der Waals surface area (Å²) in [5.41, 5.74) is 2.99. The first-order chi connectivity index (χ1) is 21.5. The van der Waals surface area contributed by atoms with Crippen molar-refractivity contribution in [3.63, 3.8) is 0 Å².